The lowest BCUT2D eigenvalue weighted by molar-refractivity contribution is -0.00976. The van der Waals surface area contributed by atoms with Crippen molar-refractivity contribution in [3.8, 4) is 5.75 Å². The van der Waals surface area contributed by atoms with Crippen molar-refractivity contribution in [3.05, 3.63) is 28.8 Å². The fraction of sp³-hybridized carbons (Fsp3) is 0.800. The average Bonchev–Trinajstić information content (AvgIpc) is 2.63. The quantitative estimate of drug-likeness (QED) is 0.488. The van der Waals surface area contributed by atoms with Crippen LogP contribution in [0.3, 0.4) is 0 Å². The fourth-order valence-corrected chi connectivity index (χ4v) is 6.60. The van der Waals surface area contributed by atoms with Gasteiger partial charge in [-0.25, -0.2) is 0 Å². The first-order chi connectivity index (χ1) is 15.0. The van der Waals surface area contributed by atoms with Crippen LogP contribution >= 0.6 is 0 Å². The predicted molar refractivity (Wildman–Crippen MR) is 140 cm³/mol. The van der Waals surface area contributed by atoms with Crippen molar-refractivity contribution in [2.45, 2.75) is 142 Å². The molecule has 2 aliphatic rings. The Balaban J connectivity index is 1.63. The molecule has 1 aliphatic heterocycles. The van der Waals surface area contributed by atoms with Crippen molar-refractivity contribution < 1.29 is 9.84 Å². The van der Waals surface area contributed by atoms with E-state index in [0.29, 0.717) is 18.5 Å². The number of hydrogen-bond acceptors (Lipinski definition) is 3. The van der Waals surface area contributed by atoms with Crippen LogP contribution in [0.1, 0.15) is 124 Å². The highest BCUT2D eigenvalue weighted by atomic mass is 16.5. The Morgan fingerprint density at radius 1 is 0.818 bits per heavy atom. The van der Waals surface area contributed by atoms with Crippen LogP contribution < -0.4 is 5.32 Å². The third-order valence-corrected chi connectivity index (χ3v) is 7.88. The molecule has 1 aromatic rings. The van der Waals surface area contributed by atoms with Gasteiger partial charge in [0, 0.05) is 11.1 Å². The summed E-state index contributed by atoms with van der Waals surface area (Å²) in [6.07, 6.45) is 7.84. The lowest BCUT2D eigenvalue weighted by Crippen LogP contribution is -2.58. The molecule has 1 aliphatic carbocycles. The van der Waals surface area contributed by atoms with Crippen LogP contribution in [0, 0.1) is 11.8 Å². The number of ether oxygens (including phenoxy) is 1. The molecule has 0 aromatic heterocycles. The summed E-state index contributed by atoms with van der Waals surface area (Å²) >= 11 is 0. The zero-order valence-corrected chi connectivity index (χ0v) is 23.2. The maximum atomic E-state index is 11.0. The zero-order valence-electron chi connectivity index (χ0n) is 23.2. The summed E-state index contributed by atoms with van der Waals surface area (Å²) in [7, 11) is 0. The highest BCUT2D eigenvalue weighted by molar-refractivity contribution is 5.49. The topological polar surface area (TPSA) is 41.5 Å². The maximum absolute atomic E-state index is 11.0. The van der Waals surface area contributed by atoms with Crippen LogP contribution in [0.5, 0.6) is 5.75 Å². The van der Waals surface area contributed by atoms with Crippen molar-refractivity contribution in [2.24, 2.45) is 11.8 Å². The Morgan fingerprint density at radius 3 is 1.70 bits per heavy atom. The molecule has 0 unspecified atom stereocenters. The van der Waals surface area contributed by atoms with Crippen molar-refractivity contribution in [3.63, 3.8) is 0 Å². The molecule has 188 valence electrons. The largest absolute Gasteiger partial charge is 0.507 e. The molecule has 1 saturated carbocycles. The number of aromatic hydroxyl groups is 1. The normalized spacial score (nSPS) is 26.4. The summed E-state index contributed by atoms with van der Waals surface area (Å²) in [6, 6.07) is 4.32. The van der Waals surface area contributed by atoms with Gasteiger partial charge in [-0.3, -0.25) is 0 Å². The number of piperidine rings is 1. The fourth-order valence-electron chi connectivity index (χ4n) is 6.60. The summed E-state index contributed by atoms with van der Waals surface area (Å²) in [5.41, 5.74) is 3.49. The first-order valence-corrected chi connectivity index (χ1v) is 13.2. The minimum Gasteiger partial charge on any atom is -0.507 e. The zero-order chi connectivity index (χ0) is 24.8. The molecule has 0 spiro atoms. The second-order valence-electron chi connectivity index (χ2n) is 14.4. The smallest absolute Gasteiger partial charge is 0.123 e. The third kappa shape index (κ3) is 6.75. The lowest BCUT2D eigenvalue weighted by Gasteiger charge is -2.49. The Hall–Kier alpha value is -1.06. The maximum Gasteiger partial charge on any atom is 0.123 e. The number of benzene rings is 1. The number of phenols is 1. The predicted octanol–water partition coefficient (Wildman–Crippen LogP) is 7.62. The van der Waals surface area contributed by atoms with E-state index in [4.69, 9.17) is 4.74 Å². The molecule has 3 nitrogen and oxygen atoms in total. The minimum atomic E-state index is -0.103. The molecule has 0 atom stereocenters. The summed E-state index contributed by atoms with van der Waals surface area (Å²) in [4.78, 5) is 0. The number of phenolic OH excluding ortho intramolecular Hbond substituents is 1. The summed E-state index contributed by atoms with van der Waals surface area (Å²) in [5, 5.41) is 14.8. The van der Waals surface area contributed by atoms with E-state index in [1.165, 1.54) is 44.1 Å². The first kappa shape index (κ1) is 26.5. The molecule has 0 bridgehead atoms. The Kier molecular flexibility index (Phi) is 7.39. The van der Waals surface area contributed by atoms with Gasteiger partial charge in [0.15, 0.2) is 0 Å². The van der Waals surface area contributed by atoms with E-state index in [-0.39, 0.29) is 21.9 Å². The average molecular weight is 458 g/mol. The minimum absolute atomic E-state index is 0.103. The third-order valence-electron chi connectivity index (χ3n) is 7.88. The SMILES string of the molecule is CC1(C)CC(C2CCC(OCc3cc(C(C)(C)C)c(O)c(C(C)(C)C)c3)CC2)CC(C)(C)N1. The first-order valence-electron chi connectivity index (χ1n) is 13.2. The van der Waals surface area contributed by atoms with Gasteiger partial charge < -0.3 is 15.2 Å². The lowest BCUT2D eigenvalue weighted by atomic mass is 9.67. The van der Waals surface area contributed by atoms with Gasteiger partial charge in [-0.1, -0.05) is 41.5 Å². The van der Waals surface area contributed by atoms with Gasteiger partial charge in [0.1, 0.15) is 5.75 Å². The second kappa shape index (κ2) is 9.19. The van der Waals surface area contributed by atoms with E-state index < -0.39 is 0 Å². The van der Waals surface area contributed by atoms with Crippen LogP contribution in [-0.2, 0) is 22.2 Å². The Bertz CT molecular complexity index is 766. The molecular formula is C30H51NO2. The van der Waals surface area contributed by atoms with Gasteiger partial charge in [0.25, 0.3) is 0 Å². The van der Waals surface area contributed by atoms with E-state index in [9.17, 15) is 5.11 Å². The van der Waals surface area contributed by atoms with E-state index in [1.54, 1.807) is 0 Å². The van der Waals surface area contributed by atoms with Crippen molar-refractivity contribution in [1.82, 2.24) is 5.32 Å². The number of nitrogens with one attached hydrogen (secondary N) is 1. The van der Waals surface area contributed by atoms with Crippen LogP contribution in [0.25, 0.3) is 0 Å². The molecule has 3 rings (SSSR count). The van der Waals surface area contributed by atoms with Crippen molar-refractivity contribution in [1.29, 1.82) is 0 Å². The van der Waals surface area contributed by atoms with Gasteiger partial charge in [-0.05, 0) is 118 Å². The van der Waals surface area contributed by atoms with Crippen LogP contribution in [0.2, 0.25) is 0 Å². The molecule has 1 heterocycles. The van der Waals surface area contributed by atoms with Gasteiger partial charge in [-0.2, -0.15) is 0 Å². The molecule has 3 heteroatoms. The molecule has 33 heavy (non-hydrogen) atoms. The molecular weight excluding hydrogens is 406 g/mol. The van der Waals surface area contributed by atoms with Crippen LogP contribution in [0.4, 0.5) is 0 Å². The Morgan fingerprint density at radius 2 is 1.27 bits per heavy atom. The highest BCUT2D eigenvalue weighted by Gasteiger charge is 2.41. The van der Waals surface area contributed by atoms with Gasteiger partial charge >= 0.3 is 0 Å². The highest BCUT2D eigenvalue weighted by Crippen LogP contribution is 2.43. The monoisotopic (exact) mass is 457 g/mol. The van der Waals surface area contributed by atoms with Gasteiger partial charge in [-0.15, -0.1) is 0 Å². The van der Waals surface area contributed by atoms with E-state index in [1.807, 2.05) is 0 Å². The molecule has 0 radical (unpaired) electrons. The van der Waals surface area contributed by atoms with E-state index in [2.05, 4.69) is 86.7 Å². The molecule has 1 aromatic carbocycles. The second-order valence-corrected chi connectivity index (χ2v) is 14.4. The number of hydrogen-bond donors (Lipinski definition) is 2. The van der Waals surface area contributed by atoms with Crippen LogP contribution in [0.15, 0.2) is 12.1 Å². The molecule has 0 amide bonds. The summed E-state index contributed by atoms with van der Waals surface area (Å²) in [6.45, 7) is 23.1. The standard InChI is InChI=1S/C30H51NO2/c1-27(2,3)24-15-20(16-25(26(24)32)28(4,5)6)19-33-23-13-11-21(12-14-23)22-17-29(7,8)31-30(9,10)18-22/h15-16,21-23,31-32H,11-14,17-19H2,1-10H3. The van der Waals surface area contributed by atoms with Crippen molar-refractivity contribution >= 4 is 0 Å². The van der Waals surface area contributed by atoms with Gasteiger partial charge in [0.2, 0.25) is 0 Å². The van der Waals surface area contributed by atoms with Crippen LogP contribution in [-0.4, -0.2) is 22.3 Å². The van der Waals surface area contributed by atoms with Gasteiger partial charge in [0.05, 0.1) is 12.7 Å². The van der Waals surface area contributed by atoms with E-state index >= 15 is 0 Å². The summed E-state index contributed by atoms with van der Waals surface area (Å²) < 4.78 is 6.47. The molecule has 2 N–H and O–H groups in total. The molecule has 1 saturated heterocycles. The van der Waals surface area contributed by atoms with Crippen molar-refractivity contribution in [2.75, 3.05) is 0 Å². The number of rotatable bonds is 4. The van der Waals surface area contributed by atoms with E-state index in [0.717, 1.165) is 23.0 Å². The molecule has 2 fully saturated rings. The Labute approximate surface area is 204 Å². The summed E-state index contributed by atoms with van der Waals surface area (Å²) in [5.74, 6) is 2.10.